The Morgan fingerprint density at radius 2 is 1.34 bits per heavy atom. The molecule has 0 spiro atoms. The van der Waals surface area contributed by atoms with E-state index in [1.165, 1.54) is 0 Å². The molecule has 8 N–H and O–H groups in total. The van der Waals surface area contributed by atoms with Crippen molar-refractivity contribution < 1.29 is 29.1 Å². The molecule has 0 radical (unpaired) electrons. The zero-order chi connectivity index (χ0) is 22.9. The van der Waals surface area contributed by atoms with Crippen LogP contribution in [-0.4, -0.2) is 64.6 Å². The topological polar surface area (TPSA) is 194 Å². The van der Waals surface area contributed by atoms with Gasteiger partial charge in [0.2, 0.25) is 23.6 Å². The van der Waals surface area contributed by atoms with E-state index in [-0.39, 0.29) is 11.7 Å². The lowest BCUT2D eigenvalue weighted by Crippen LogP contribution is -2.59. The second-order valence-corrected chi connectivity index (χ2v) is 7.68. The first-order chi connectivity index (χ1) is 13.3. The molecule has 0 rings (SSSR count). The summed E-state index contributed by atoms with van der Waals surface area (Å²) in [5.41, 5.74) is 10.7. The van der Waals surface area contributed by atoms with Crippen LogP contribution in [0.5, 0.6) is 0 Å². The molecule has 29 heavy (non-hydrogen) atoms. The number of carboxylic acids is 1. The van der Waals surface area contributed by atoms with Gasteiger partial charge in [-0.25, -0.2) is 4.79 Å². The van der Waals surface area contributed by atoms with E-state index in [1.54, 1.807) is 27.7 Å². The van der Waals surface area contributed by atoms with Crippen LogP contribution < -0.4 is 27.4 Å². The predicted octanol–water partition coefficient (Wildman–Crippen LogP) is -2.03. The Morgan fingerprint density at radius 3 is 1.72 bits per heavy atom. The Labute approximate surface area is 175 Å². The van der Waals surface area contributed by atoms with Crippen LogP contribution in [-0.2, 0) is 24.0 Å². The molecule has 4 atom stereocenters. The molecule has 0 aromatic rings. The predicted molar refractivity (Wildman–Crippen MR) is 109 cm³/mol. The van der Waals surface area contributed by atoms with Crippen molar-refractivity contribution in [3.8, 4) is 0 Å². The third-order valence-corrected chi connectivity index (χ3v) is 4.44. The summed E-state index contributed by atoms with van der Waals surface area (Å²) in [4.78, 5) is 59.8. The van der Waals surface area contributed by atoms with Gasteiger partial charge in [-0.15, -0.1) is 0 Å². The van der Waals surface area contributed by atoms with Crippen molar-refractivity contribution in [3.63, 3.8) is 0 Å². The minimum Gasteiger partial charge on any atom is -0.480 e. The zero-order valence-corrected chi connectivity index (χ0v) is 17.9. The van der Waals surface area contributed by atoms with E-state index < -0.39 is 66.1 Å². The monoisotopic (exact) mass is 433 g/mol. The van der Waals surface area contributed by atoms with E-state index in [1.807, 2.05) is 0 Å². The van der Waals surface area contributed by atoms with Crippen molar-refractivity contribution in [2.45, 2.75) is 58.3 Å². The number of nitrogens with two attached hydrogens (primary N) is 2. The lowest BCUT2D eigenvalue weighted by atomic mass is 10.0. The Bertz CT molecular complexity index is 627. The lowest BCUT2D eigenvalue weighted by molar-refractivity contribution is -0.143. The molecule has 4 amide bonds. The number of hydrogen-bond donors (Lipinski definition) is 7. The summed E-state index contributed by atoms with van der Waals surface area (Å²) >= 11 is 3.93. The van der Waals surface area contributed by atoms with Crippen LogP contribution in [0.25, 0.3) is 0 Å². The summed E-state index contributed by atoms with van der Waals surface area (Å²) in [6.07, 6.45) is -0.545. The highest BCUT2D eigenvalue weighted by atomic mass is 32.1. The number of carbonyl (C=O) groups excluding carboxylic acids is 4. The molecule has 0 bridgehead atoms. The van der Waals surface area contributed by atoms with Gasteiger partial charge < -0.3 is 32.5 Å². The smallest absolute Gasteiger partial charge is 0.326 e. The highest BCUT2D eigenvalue weighted by molar-refractivity contribution is 7.80. The molecule has 166 valence electrons. The van der Waals surface area contributed by atoms with Crippen LogP contribution in [0.15, 0.2) is 0 Å². The Hall–Kier alpha value is -2.34. The van der Waals surface area contributed by atoms with E-state index in [2.05, 4.69) is 28.6 Å². The van der Waals surface area contributed by atoms with E-state index in [9.17, 15) is 29.1 Å². The quantitative estimate of drug-likeness (QED) is 0.172. The van der Waals surface area contributed by atoms with Gasteiger partial charge >= 0.3 is 5.97 Å². The zero-order valence-electron chi connectivity index (χ0n) is 17.0. The number of amides is 4. The molecule has 4 unspecified atom stereocenters. The molecule has 11 nitrogen and oxygen atoms in total. The molecule has 0 fully saturated rings. The number of rotatable bonds is 12. The van der Waals surface area contributed by atoms with Crippen LogP contribution in [0.2, 0.25) is 0 Å². The molecule has 12 heteroatoms. The molecule has 0 aliphatic carbocycles. The normalized spacial score (nSPS) is 15.2. The second kappa shape index (κ2) is 12.3. The number of hydrogen-bond acceptors (Lipinski definition) is 7. The molecule has 0 aromatic carbocycles. The Kier molecular flexibility index (Phi) is 11.3. The summed E-state index contributed by atoms with van der Waals surface area (Å²) in [6.45, 7) is 6.52. The summed E-state index contributed by atoms with van der Waals surface area (Å²) < 4.78 is 0. The molecular weight excluding hydrogens is 402 g/mol. The fraction of sp³-hybridized carbons (Fsp3) is 0.706. The van der Waals surface area contributed by atoms with Crippen LogP contribution >= 0.6 is 12.6 Å². The minimum atomic E-state index is -1.41. The first-order valence-corrected chi connectivity index (χ1v) is 9.73. The van der Waals surface area contributed by atoms with Crippen molar-refractivity contribution in [1.82, 2.24) is 16.0 Å². The van der Waals surface area contributed by atoms with Crippen molar-refractivity contribution in [1.29, 1.82) is 0 Å². The van der Waals surface area contributed by atoms with Gasteiger partial charge in [0.15, 0.2) is 0 Å². The molecule has 0 heterocycles. The van der Waals surface area contributed by atoms with Gasteiger partial charge in [0.05, 0.1) is 12.5 Å². The van der Waals surface area contributed by atoms with Gasteiger partial charge in [0.1, 0.15) is 18.1 Å². The number of thiol groups is 1. The summed E-state index contributed by atoms with van der Waals surface area (Å²) in [7, 11) is 0. The van der Waals surface area contributed by atoms with Crippen molar-refractivity contribution in [2.75, 3.05) is 5.75 Å². The second-order valence-electron chi connectivity index (χ2n) is 7.32. The Morgan fingerprint density at radius 1 is 0.862 bits per heavy atom. The van der Waals surface area contributed by atoms with E-state index in [4.69, 9.17) is 11.5 Å². The van der Waals surface area contributed by atoms with Gasteiger partial charge in [-0.3, -0.25) is 19.2 Å². The van der Waals surface area contributed by atoms with E-state index in [0.717, 1.165) is 0 Å². The van der Waals surface area contributed by atoms with Gasteiger partial charge in [-0.1, -0.05) is 27.7 Å². The van der Waals surface area contributed by atoms with Crippen LogP contribution in [0.4, 0.5) is 0 Å². The molecular formula is C17H31N5O6S. The first-order valence-electron chi connectivity index (χ1n) is 9.10. The van der Waals surface area contributed by atoms with Gasteiger partial charge in [-0.2, -0.15) is 12.6 Å². The highest BCUT2D eigenvalue weighted by Crippen LogP contribution is 2.06. The van der Waals surface area contributed by atoms with E-state index in [0.29, 0.717) is 0 Å². The van der Waals surface area contributed by atoms with Crippen LogP contribution in [0.1, 0.15) is 34.1 Å². The summed E-state index contributed by atoms with van der Waals surface area (Å²) in [6, 6.07) is -4.60. The van der Waals surface area contributed by atoms with Crippen molar-refractivity contribution in [3.05, 3.63) is 0 Å². The Balaban J connectivity index is 5.43. The summed E-state index contributed by atoms with van der Waals surface area (Å²) in [5, 5.41) is 16.3. The molecule has 0 aliphatic heterocycles. The number of aliphatic carboxylic acids is 1. The average molecular weight is 434 g/mol. The maximum absolute atomic E-state index is 12.6. The third-order valence-electron chi connectivity index (χ3n) is 4.05. The van der Waals surface area contributed by atoms with Crippen LogP contribution in [0, 0.1) is 11.8 Å². The first kappa shape index (κ1) is 26.7. The lowest BCUT2D eigenvalue weighted by Gasteiger charge is -2.27. The average Bonchev–Trinajstić information content (AvgIpc) is 2.60. The number of nitrogens with one attached hydrogen (secondary N) is 3. The van der Waals surface area contributed by atoms with E-state index >= 15 is 0 Å². The third kappa shape index (κ3) is 9.13. The minimum absolute atomic E-state index is 0.0662. The number of carboxylic acid groups (broad SMARTS) is 1. The molecule has 0 aliphatic rings. The van der Waals surface area contributed by atoms with Gasteiger partial charge in [0.25, 0.3) is 0 Å². The highest BCUT2D eigenvalue weighted by Gasteiger charge is 2.33. The molecule has 0 saturated carbocycles. The van der Waals surface area contributed by atoms with Gasteiger partial charge in [-0.05, 0) is 11.8 Å². The number of primary amides is 1. The SMILES string of the molecule is CC(C)C(NC(=O)C(CC(N)=O)NC(=O)C(NC(=O)C(N)CS)C(C)C)C(=O)O. The molecule has 0 saturated heterocycles. The summed E-state index contributed by atoms with van der Waals surface area (Å²) in [5.74, 6) is -5.09. The van der Waals surface area contributed by atoms with Crippen molar-refractivity contribution in [2.24, 2.45) is 23.3 Å². The largest absolute Gasteiger partial charge is 0.480 e. The van der Waals surface area contributed by atoms with Crippen molar-refractivity contribution >= 4 is 42.2 Å². The fourth-order valence-corrected chi connectivity index (χ4v) is 2.48. The van der Waals surface area contributed by atoms with Gasteiger partial charge in [0, 0.05) is 5.75 Å². The van der Waals surface area contributed by atoms with Crippen LogP contribution in [0.3, 0.4) is 0 Å². The maximum atomic E-state index is 12.6. The fourth-order valence-electron chi connectivity index (χ4n) is 2.32. The number of carbonyl (C=O) groups is 5. The maximum Gasteiger partial charge on any atom is 0.326 e. The molecule has 0 aromatic heterocycles. The standard InChI is InChI=1S/C17H31N5O6S/c1-7(2)12(21-14(24)9(18)6-29)16(26)20-10(5-11(19)23)15(25)22-13(8(3)4)17(27)28/h7-10,12-13,29H,5-6,18H2,1-4H3,(H2,19,23)(H,20,26)(H,21,24)(H,22,25)(H,27,28).